The molecule has 0 saturated carbocycles. The zero-order valence-electron chi connectivity index (χ0n) is 11.9. The van der Waals surface area contributed by atoms with E-state index in [0.717, 1.165) is 5.56 Å². The van der Waals surface area contributed by atoms with Crippen molar-refractivity contribution in [1.82, 2.24) is 0 Å². The third kappa shape index (κ3) is 3.31. The van der Waals surface area contributed by atoms with Crippen LogP contribution in [0.5, 0.6) is 11.5 Å². The molecule has 0 aliphatic rings. The number of aryl methyl sites for hydroxylation is 1. The molecule has 0 spiro atoms. The van der Waals surface area contributed by atoms with Crippen molar-refractivity contribution >= 4 is 5.84 Å². The molecule has 4 nitrogen and oxygen atoms in total. The Kier molecular flexibility index (Phi) is 4.42. The first-order valence-corrected chi connectivity index (χ1v) is 6.42. The SMILES string of the molecule is COc1cc(C)ccc1OCc1cccc(C(=N)N)c1F. The van der Waals surface area contributed by atoms with Gasteiger partial charge in [-0.05, 0) is 30.7 Å². The van der Waals surface area contributed by atoms with Crippen molar-refractivity contribution in [2.45, 2.75) is 13.5 Å². The summed E-state index contributed by atoms with van der Waals surface area (Å²) in [7, 11) is 1.55. The first kappa shape index (κ1) is 14.8. The summed E-state index contributed by atoms with van der Waals surface area (Å²) in [6.07, 6.45) is 0. The van der Waals surface area contributed by atoms with Crippen LogP contribution in [0.25, 0.3) is 0 Å². The Balaban J connectivity index is 2.21. The van der Waals surface area contributed by atoms with E-state index in [1.165, 1.54) is 6.07 Å². The fourth-order valence-corrected chi connectivity index (χ4v) is 1.95. The molecule has 0 aromatic heterocycles. The molecule has 2 aromatic carbocycles. The molecule has 0 amide bonds. The summed E-state index contributed by atoms with van der Waals surface area (Å²) < 4.78 is 25.0. The second-order valence-corrected chi connectivity index (χ2v) is 4.64. The number of hydrogen-bond donors (Lipinski definition) is 2. The van der Waals surface area contributed by atoms with Gasteiger partial charge in [0.05, 0.1) is 12.7 Å². The molecule has 5 heteroatoms. The number of nitrogens with two attached hydrogens (primary N) is 1. The normalized spacial score (nSPS) is 10.2. The molecule has 0 atom stereocenters. The third-order valence-electron chi connectivity index (χ3n) is 3.07. The lowest BCUT2D eigenvalue weighted by Crippen LogP contribution is -2.14. The van der Waals surface area contributed by atoms with E-state index in [9.17, 15) is 4.39 Å². The Morgan fingerprint density at radius 2 is 2.00 bits per heavy atom. The minimum Gasteiger partial charge on any atom is -0.493 e. The number of nitrogen functional groups attached to an aromatic ring is 1. The van der Waals surface area contributed by atoms with Crippen LogP contribution in [-0.4, -0.2) is 12.9 Å². The van der Waals surface area contributed by atoms with Crippen LogP contribution in [0.4, 0.5) is 4.39 Å². The van der Waals surface area contributed by atoms with Crippen molar-refractivity contribution in [1.29, 1.82) is 5.41 Å². The Morgan fingerprint density at radius 3 is 2.67 bits per heavy atom. The maximum absolute atomic E-state index is 14.1. The lowest BCUT2D eigenvalue weighted by atomic mass is 10.1. The molecular formula is C16H17FN2O2. The predicted molar refractivity (Wildman–Crippen MR) is 79.5 cm³/mol. The number of hydrogen-bond acceptors (Lipinski definition) is 3. The van der Waals surface area contributed by atoms with Gasteiger partial charge in [-0.1, -0.05) is 18.2 Å². The van der Waals surface area contributed by atoms with Crippen LogP contribution in [0.3, 0.4) is 0 Å². The molecule has 110 valence electrons. The molecule has 21 heavy (non-hydrogen) atoms. The number of amidine groups is 1. The molecule has 0 fully saturated rings. The summed E-state index contributed by atoms with van der Waals surface area (Å²) >= 11 is 0. The number of ether oxygens (including phenoxy) is 2. The van der Waals surface area contributed by atoms with Crippen molar-refractivity contribution in [2.24, 2.45) is 5.73 Å². The molecule has 0 unspecified atom stereocenters. The average molecular weight is 288 g/mol. The van der Waals surface area contributed by atoms with Crippen LogP contribution in [-0.2, 0) is 6.61 Å². The van der Waals surface area contributed by atoms with Crippen LogP contribution in [0.1, 0.15) is 16.7 Å². The van der Waals surface area contributed by atoms with E-state index in [-0.39, 0.29) is 18.0 Å². The molecule has 0 aliphatic carbocycles. The molecule has 2 aromatic rings. The highest BCUT2D eigenvalue weighted by Crippen LogP contribution is 2.28. The monoisotopic (exact) mass is 288 g/mol. The molecule has 0 aliphatic heterocycles. The molecule has 0 bridgehead atoms. The van der Waals surface area contributed by atoms with Gasteiger partial charge in [-0.3, -0.25) is 5.41 Å². The topological polar surface area (TPSA) is 68.3 Å². The Morgan fingerprint density at radius 1 is 1.24 bits per heavy atom. The standard InChI is InChI=1S/C16H17FN2O2/c1-10-6-7-13(14(8-10)20-2)21-9-11-4-3-5-12(15(11)17)16(18)19/h3-8H,9H2,1-2H3,(H3,18,19). The summed E-state index contributed by atoms with van der Waals surface area (Å²) in [5.74, 6) is 0.298. The van der Waals surface area contributed by atoms with Crippen molar-refractivity contribution in [3.8, 4) is 11.5 Å². The van der Waals surface area contributed by atoms with E-state index in [0.29, 0.717) is 17.1 Å². The number of benzene rings is 2. The first-order valence-electron chi connectivity index (χ1n) is 6.42. The van der Waals surface area contributed by atoms with Gasteiger partial charge in [-0.15, -0.1) is 0 Å². The summed E-state index contributed by atoms with van der Waals surface area (Å²) in [6.45, 7) is 1.98. The van der Waals surface area contributed by atoms with Gasteiger partial charge >= 0.3 is 0 Å². The minimum atomic E-state index is -0.531. The van der Waals surface area contributed by atoms with E-state index in [2.05, 4.69) is 0 Å². The molecular weight excluding hydrogens is 271 g/mol. The Hall–Kier alpha value is -2.56. The van der Waals surface area contributed by atoms with Crippen LogP contribution in [0, 0.1) is 18.2 Å². The molecule has 0 radical (unpaired) electrons. The smallest absolute Gasteiger partial charge is 0.161 e. The van der Waals surface area contributed by atoms with E-state index in [1.807, 2.05) is 19.1 Å². The maximum atomic E-state index is 14.1. The van der Waals surface area contributed by atoms with E-state index < -0.39 is 5.82 Å². The number of nitrogens with one attached hydrogen (secondary N) is 1. The molecule has 3 N–H and O–H groups in total. The van der Waals surface area contributed by atoms with Crippen LogP contribution < -0.4 is 15.2 Å². The van der Waals surface area contributed by atoms with Crippen molar-refractivity contribution in [3.05, 3.63) is 58.9 Å². The van der Waals surface area contributed by atoms with Gasteiger partial charge in [0.1, 0.15) is 18.3 Å². The van der Waals surface area contributed by atoms with Gasteiger partial charge in [0, 0.05) is 5.56 Å². The van der Waals surface area contributed by atoms with Gasteiger partial charge in [0.25, 0.3) is 0 Å². The highest BCUT2D eigenvalue weighted by atomic mass is 19.1. The maximum Gasteiger partial charge on any atom is 0.161 e. The van der Waals surface area contributed by atoms with Crippen molar-refractivity contribution < 1.29 is 13.9 Å². The number of methoxy groups -OCH3 is 1. The van der Waals surface area contributed by atoms with Crippen LogP contribution in [0.15, 0.2) is 36.4 Å². The highest BCUT2D eigenvalue weighted by Gasteiger charge is 2.12. The largest absolute Gasteiger partial charge is 0.493 e. The second kappa shape index (κ2) is 6.26. The van der Waals surface area contributed by atoms with Gasteiger partial charge in [-0.25, -0.2) is 4.39 Å². The summed E-state index contributed by atoms with van der Waals surface area (Å²) in [6, 6.07) is 10.2. The summed E-state index contributed by atoms with van der Waals surface area (Å²) in [5, 5.41) is 7.33. The highest BCUT2D eigenvalue weighted by molar-refractivity contribution is 5.95. The van der Waals surface area contributed by atoms with Crippen LogP contribution >= 0.6 is 0 Å². The van der Waals surface area contributed by atoms with E-state index in [4.69, 9.17) is 20.6 Å². The molecule has 2 rings (SSSR count). The Labute approximate surface area is 122 Å². The molecule has 0 saturated heterocycles. The number of rotatable bonds is 5. The fourth-order valence-electron chi connectivity index (χ4n) is 1.95. The van der Waals surface area contributed by atoms with E-state index in [1.54, 1.807) is 25.3 Å². The second-order valence-electron chi connectivity index (χ2n) is 4.64. The van der Waals surface area contributed by atoms with Gasteiger partial charge in [0.15, 0.2) is 11.5 Å². The van der Waals surface area contributed by atoms with E-state index >= 15 is 0 Å². The van der Waals surface area contributed by atoms with Gasteiger partial charge in [-0.2, -0.15) is 0 Å². The third-order valence-corrected chi connectivity index (χ3v) is 3.07. The zero-order valence-corrected chi connectivity index (χ0v) is 11.9. The predicted octanol–water partition coefficient (Wildman–Crippen LogP) is 3.01. The lowest BCUT2D eigenvalue weighted by Gasteiger charge is -2.12. The van der Waals surface area contributed by atoms with Crippen molar-refractivity contribution in [3.63, 3.8) is 0 Å². The van der Waals surface area contributed by atoms with Gasteiger partial charge < -0.3 is 15.2 Å². The molecule has 0 heterocycles. The minimum absolute atomic E-state index is 0.0341. The lowest BCUT2D eigenvalue weighted by molar-refractivity contribution is 0.279. The van der Waals surface area contributed by atoms with Crippen LogP contribution in [0.2, 0.25) is 0 Å². The fraction of sp³-hybridized carbons (Fsp3) is 0.188. The quantitative estimate of drug-likeness (QED) is 0.656. The average Bonchev–Trinajstić information content (AvgIpc) is 2.46. The van der Waals surface area contributed by atoms with Crippen molar-refractivity contribution in [2.75, 3.05) is 7.11 Å². The zero-order chi connectivity index (χ0) is 15.4. The Bertz CT molecular complexity index is 671. The summed E-state index contributed by atoms with van der Waals surface area (Å²) in [5.41, 5.74) is 6.80. The number of halogens is 1. The summed E-state index contributed by atoms with van der Waals surface area (Å²) in [4.78, 5) is 0. The van der Waals surface area contributed by atoms with Gasteiger partial charge in [0.2, 0.25) is 0 Å². The first-order chi connectivity index (χ1) is 10.0.